The monoisotopic (exact) mass is 260 g/mol. The van der Waals surface area contributed by atoms with Gasteiger partial charge in [0.1, 0.15) is 0 Å². The standard InChI is InChI=1S/C14H13ClN2O/c15-13-11(7-4-8-12(13)16)9-17-14(18)10-5-2-1-3-6-10/h1-8H,9,16H2,(H,17,18). The summed E-state index contributed by atoms with van der Waals surface area (Å²) < 4.78 is 0. The summed E-state index contributed by atoms with van der Waals surface area (Å²) in [6.45, 7) is 0.359. The van der Waals surface area contributed by atoms with Gasteiger partial charge in [0.15, 0.2) is 0 Å². The van der Waals surface area contributed by atoms with Crippen LogP contribution in [0, 0.1) is 0 Å². The third-order valence-electron chi connectivity index (χ3n) is 2.58. The van der Waals surface area contributed by atoms with Crippen LogP contribution >= 0.6 is 11.6 Å². The largest absolute Gasteiger partial charge is 0.398 e. The maximum Gasteiger partial charge on any atom is 0.251 e. The Morgan fingerprint density at radius 2 is 1.83 bits per heavy atom. The normalized spacial score (nSPS) is 10.1. The first-order valence-electron chi connectivity index (χ1n) is 5.54. The van der Waals surface area contributed by atoms with Crippen LogP contribution in [0.1, 0.15) is 15.9 Å². The maximum atomic E-state index is 11.8. The summed E-state index contributed by atoms with van der Waals surface area (Å²) in [6.07, 6.45) is 0. The highest BCUT2D eigenvalue weighted by Gasteiger charge is 2.07. The number of carbonyl (C=O) groups excluding carboxylic acids is 1. The van der Waals surface area contributed by atoms with Crippen molar-refractivity contribution >= 4 is 23.2 Å². The second kappa shape index (κ2) is 5.56. The zero-order chi connectivity index (χ0) is 13.0. The zero-order valence-corrected chi connectivity index (χ0v) is 10.4. The van der Waals surface area contributed by atoms with Gasteiger partial charge in [-0.1, -0.05) is 41.9 Å². The molecule has 0 radical (unpaired) electrons. The number of hydrogen-bond donors (Lipinski definition) is 2. The van der Waals surface area contributed by atoms with Crippen LogP contribution in [-0.4, -0.2) is 5.91 Å². The molecule has 2 aromatic rings. The summed E-state index contributed by atoms with van der Waals surface area (Å²) in [5, 5.41) is 3.30. The van der Waals surface area contributed by atoms with Crippen molar-refractivity contribution in [3.63, 3.8) is 0 Å². The Hall–Kier alpha value is -2.00. The van der Waals surface area contributed by atoms with Gasteiger partial charge in [-0.2, -0.15) is 0 Å². The number of benzene rings is 2. The van der Waals surface area contributed by atoms with Gasteiger partial charge in [-0.3, -0.25) is 4.79 Å². The molecule has 1 amide bonds. The highest BCUT2D eigenvalue weighted by molar-refractivity contribution is 6.33. The van der Waals surface area contributed by atoms with Gasteiger partial charge in [0.05, 0.1) is 10.7 Å². The number of halogens is 1. The number of carbonyl (C=O) groups is 1. The Morgan fingerprint density at radius 3 is 2.56 bits per heavy atom. The first-order chi connectivity index (χ1) is 8.68. The summed E-state index contributed by atoms with van der Waals surface area (Å²) in [4.78, 5) is 11.8. The maximum absolute atomic E-state index is 11.8. The number of hydrogen-bond acceptors (Lipinski definition) is 2. The van der Waals surface area contributed by atoms with Crippen LogP contribution in [0.25, 0.3) is 0 Å². The molecule has 0 aliphatic carbocycles. The number of amides is 1. The Kier molecular flexibility index (Phi) is 3.85. The highest BCUT2D eigenvalue weighted by Crippen LogP contribution is 2.22. The molecular formula is C14H13ClN2O. The van der Waals surface area contributed by atoms with E-state index in [0.717, 1.165) is 5.56 Å². The van der Waals surface area contributed by atoms with E-state index in [1.807, 2.05) is 30.3 Å². The summed E-state index contributed by atoms with van der Waals surface area (Å²) >= 11 is 6.05. The predicted molar refractivity (Wildman–Crippen MR) is 73.5 cm³/mol. The van der Waals surface area contributed by atoms with E-state index in [9.17, 15) is 4.79 Å². The summed E-state index contributed by atoms with van der Waals surface area (Å²) in [5.74, 6) is -0.130. The molecule has 0 aliphatic rings. The molecule has 0 fully saturated rings. The quantitative estimate of drug-likeness (QED) is 0.834. The van der Waals surface area contributed by atoms with Crippen molar-refractivity contribution < 1.29 is 4.79 Å². The Balaban J connectivity index is 2.04. The van der Waals surface area contributed by atoms with E-state index in [1.54, 1.807) is 18.2 Å². The first kappa shape index (κ1) is 12.5. The molecule has 0 spiro atoms. The topological polar surface area (TPSA) is 55.1 Å². The minimum absolute atomic E-state index is 0.130. The molecule has 92 valence electrons. The fraction of sp³-hybridized carbons (Fsp3) is 0.0714. The number of nitrogen functional groups attached to an aromatic ring is 1. The molecular weight excluding hydrogens is 248 g/mol. The molecule has 0 atom stereocenters. The Labute approximate surface area is 111 Å². The molecule has 0 aromatic heterocycles. The van der Waals surface area contributed by atoms with Crippen LogP contribution < -0.4 is 11.1 Å². The molecule has 3 nitrogen and oxygen atoms in total. The smallest absolute Gasteiger partial charge is 0.251 e. The SMILES string of the molecule is Nc1cccc(CNC(=O)c2ccccc2)c1Cl. The van der Waals surface area contributed by atoms with Crippen molar-refractivity contribution in [3.05, 3.63) is 64.7 Å². The van der Waals surface area contributed by atoms with Crippen molar-refractivity contribution in [2.45, 2.75) is 6.54 Å². The van der Waals surface area contributed by atoms with E-state index < -0.39 is 0 Å². The molecule has 2 aromatic carbocycles. The van der Waals surface area contributed by atoms with Gasteiger partial charge >= 0.3 is 0 Å². The number of anilines is 1. The van der Waals surface area contributed by atoms with Gasteiger partial charge in [0.2, 0.25) is 0 Å². The average molecular weight is 261 g/mol. The van der Waals surface area contributed by atoms with Crippen molar-refractivity contribution in [3.8, 4) is 0 Å². The van der Waals surface area contributed by atoms with E-state index >= 15 is 0 Å². The molecule has 0 bridgehead atoms. The van der Waals surface area contributed by atoms with Crippen molar-refractivity contribution in [2.24, 2.45) is 0 Å². The third kappa shape index (κ3) is 2.81. The molecule has 0 aliphatic heterocycles. The van der Waals surface area contributed by atoms with Crippen LogP contribution in [0.3, 0.4) is 0 Å². The lowest BCUT2D eigenvalue weighted by molar-refractivity contribution is 0.0951. The number of rotatable bonds is 3. The highest BCUT2D eigenvalue weighted by atomic mass is 35.5. The molecule has 4 heteroatoms. The Morgan fingerprint density at radius 1 is 1.11 bits per heavy atom. The summed E-state index contributed by atoms with van der Waals surface area (Å²) in [7, 11) is 0. The molecule has 0 saturated heterocycles. The van der Waals surface area contributed by atoms with E-state index in [4.69, 9.17) is 17.3 Å². The number of nitrogens with one attached hydrogen (secondary N) is 1. The lowest BCUT2D eigenvalue weighted by Crippen LogP contribution is -2.22. The van der Waals surface area contributed by atoms with Gasteiger partial charge in [-0.05, 0) is 23.8 Å². The van der Waals surface area contributed by atoms with Crippen molar-refractivity contribution in [1.29, 1.82) is 0 Å². The average Bonchev–Trinajstić information content (AvgIpc) is 2.41. The molecule has 0 saturated carbocycles. The third-order valence-corrected chi connectivity index (χ3v) is 3.04. The second-order valence-electron chi connectivity index (χ2n) is 3.87. The minimum Gasteiger partial charge on any atom is -0.398 e. The van der Waals surface area contributed by atoms with E-state index in [1.165, 1.54) is 0 Å². The molecule has 3 N–H and O–H groups in total. The fourth-order valence-corrected chi connectivity index (χ4v) is 1.80. The zero-order valence-electron chi connectivity index (χ0n) is 9.69. The van der Waals surface area contributed by atoms with Crippen molar-refractivity contribution in [1.82, 2.24) is 5.32 Å². The Bertz CT molecular complexity index is 555. The van der Waals surface area contributed by atoms with E-state index in [0.29, 0.717) is 22.8 Å². The van der Waals surface area contributed by atoms with Crippen LogP contribution in [0.4, 0.5) is 5.69 Å². The van der Waals surface area contributed by atoms with Gasteiger partial charge in [-0.25, -0.2) is 0 Å². The van der Waals surface area contributed by atoms with Gasteiger partial charge in [-0.15, -0.1) is 0 Å². The predicted octanol–water partition coefficient (Wildman–Crippen LogP) is 2.85. The van der Waals surface area contributed by atoms with Crippen LogP contribution in [0.15, 0.2) is 48.5 Å². The molecule has 18 heavy (non-hydrogen) atoms. The van der Waals surface area contributed by atoms with Gasteiger partial charge in [0, 0.05) is 12.1 Å². The van der Waals surface area contributed by atoms with E-state index in [2.05, 4.69) is 5.32 Å². The van der Waals surface area contributed by atoms with Crippen LogP contribution in [0.5, 0.6) is 0 Å². The van der Waals surface area contributed by atoms with Crippen LogP contribution in [-0.2, 0) is 6.54 Å². The minimum atomic E-state index is -0.130. The molecule has 0 heterocycles. The lowest BCUT2D eigenvalue weighted by atomic mass is 10.2. The molecule has 0 unspecified atom stereocenters. The second-order valence-corrected chi connectivity index (χ2v) is 4.25. The van der Waals surface area contributed by atoms with Gasteiger partial charge in [0.25, 0.3) is 5.91 Å². The number of nitrogens with two attached hydrogens (primary N) is 1. The lowest BCUT2D eigenvalue weighted by Gasteiger charge is -2.08. The fourth-order valence-electron chi connectivity index (χ4n) is 1.60. The van der Waals surface area contributed by atoms with E-state index in [-0.39, 0.29) is 5.91 Å². The first-order valence-corrected chi connectivity index (χ1v) is 5.92. The van der Waals surface area contributed by atoms with Gasteiger partial charge < -0.3 is 11.1 Å². The summed E-state index contributed by atoms with van der Waals surface area (Å²) in [6, 6.07) is 14.4. The molecule has 2 rings (SSSR count). The van der Waals surface area contributed by atoms with Crippen LogP contribution in [0.2, 0.25) is 5.02 Å². The van der Waals surface area contributed by atoms with Crippen molar-refractivity contribution in [2.75, 3.05) is 5.73 Å². The summed E-state index contributed by atoms with van der Waals surface area (Å²) in [5.41, 5.74) is 7.64.